The molecule has 1 unspecified atom stereocenters. The number of methoxy groups -OCH3 is 1. The van der Waals surface area contributed by atoms with Crippen LogP contribution in [0.2, 0.25) is 0 Å². The summed E-state index contributed by atoms with van der Waals surface area (Å²) in [6.07, 6.45) is 1.85. The van der Waals surface area contributed by atoms with Crippen LogP contribution in [-0.4, -0.2) is 31.5 Å². The largest absolute Gasteiger partial charge is 0.493 e. The van der Waals surface area contributed by atoms with Gasteiger partial charge in [-0.15, -0.1) is 0 Å². The van der Waals surface area contributed by atoms with Gasteiger partial charge in [0.2, 0.25) is 0 Å². The Kier molecular flexibility index (Phi) is 7.95. The molecule has 5 heteroatoms. The third-order valence-corrected chi connectivity index (χ3v) is 3.64. The number of aliphatic hydroxyl groups is 1. The zero-order valence-electron chi connectivity index (χ0n) is 12.4. The Labute approximate surface area is 129 Å². The van der Waals surface area contributed by atoms with E-state index in [1.807, 2.05) is 19.1 Å². The molecule has 114 valence electrons. The fourth-order valence-corrected chi connectivity index (χ4v) is 2.42. The first-order valence-corrected chi connectivity index (χ1v) is 7.78. The minimum atomic E-state index is 0.121. The van der Waals surface area contributed by atoms with Gasteiger partial charge in [-0.25, -0.2) is 0 Å². The smallest absolute Gasteiger partial charge is 0.175 e. The van der Waals surface area contributed by atoms with Crippen LogP contribution in [0.25, 0.3) is 0 Å². The van der Waals surface area contributed by atoms with Crippen molar-refractivity contribution in [2.24, 2.45) is 0 Å². The molecule has 0 aliphatic carbocycles. The maximum Gasteiger partial charge on any atom is 0.175 e. The first-order chi connectivity index (χ1) is 9.65. The van der Waals surface area contributed by atoms with E-state index in [4.69, 9.17) is 9.47 Å². The first-order valence-electron chi connectivity index (χ1n) is 6.99. The number of ether oxygens (including phenoxy) is 2. The molecule has 0 aliphatic rings. The van der Waals surface area contributed by atoms with Crippen LogP contribution in [0.5, 0.6) is 11.5 Å². The zero-order chi connectivity index (χ0) is 15.0. The Morgan fingerprint density at radius 2 is 2.10 bits per heavy atom. The summed E-state index contributed by atoms with van der Waals surface area (Å²) in [6, 6.07) is 4.10. The lowest BCUT2D eigenvalue weighted by Gasteiger charge is -2.17. The molecular formula is C15H24BrNO3. The molecule has 2 N–H and O–H groups in total. The molecule has 20 heavy (non-hydrogen) atoms. The fourth-order valence-electron chi connectivity index (χ4n) is 1.82. The van der Waals surface area contributed by atoms with Gasteiger partial charge in [0.1, 0.15) is 0 Å². The second kappa shape index (κ2) is 9.21. The second-order valence-electron chi connectivity index (χ2n) is 4.63. The molecular weight excluding hydrogens is 322 g/mol. The summed E-state index contributed by atoms with van der Waals surface area (Å²) in [7, 11) is 1.64. The summed E-state index contributed by atoms with van der Waals surface area (Å²) in [5, 5.41) is 12.5. The molecule has 1 atom stereocenters. The standard InChI is InChI=1S/C15H24BrNO3/c1-4-6-20-15-13(16)7-11(8-14(15)19-3)9-17-12(5-2)10-18/h7-8,12,17-18H,4-6,9-10H2,1-3H3. The van der Waals surface area contributed by atoms with Crippen molar-refractivity contribution in [3.8, 4) is 11.5 Å². The van der Waals surface area contributed by atoms with E-state index in [2.05, 4.69) is 28.2 Å². The highest BCUT2D eigenvalue weighted by Crippen LogP contribution is 2.36. The average molecular weight is 346 g/mol. The topological polar surface area (TPSA) is 50.7 Å². The van der Waals surface area contributed by atoms with Crippen LogP contribution in [0.3, 0.4) is 0 Å². The molecule has 0 aliphatic heterocycles. The molecule has 0 radical (unpaired) electrons. The van der Waals surface area contributed by atoms with Gasteiger partial charge in [-0.1, -0.05) is 13.8 Å². The Balaban J connectivity index is 2.81. The summed E-state index contributed by atoms with van der Waals surface area (Å²) in [6.45, 7) is 5.61. The summed E-state index contributed by atoms with van der Waals surface area (Å²) >= 11 is 3.53. The number of hydrogen-bond acceptors (Lipinski definition) is 4. The van der Waals surface area contributed by atoms with E-state index in [1.165, 1.54) is 0 Å². The highest BCUT2D eigenvalue weighted by molar-refractivity contribution is 9.10. The van der Waals surface area contributed by atoms with E-state index in [-0.39, 0.29) is 12.6 Å². The maximum atomic E-state index is 9.18. The molecule has 0 spiro atoms. The quantitative estimate of drug-likeness (QED) is 0.721. The number of nitrogens with one attached hydrogen (secondary N) is 1. The minimum Gasteiger partial charge on any atom is -0.493 e. The molecule has 0 amide bonds. The van der Waals surface area contributed by atoms with Gasteiger partial charge in [0, 0.05) is 12.6 Å². The Morgan fingerprint density at radius 3 is 2.65 bits per heavy atom. The fraction of sp³-hybridized carbons (Fsp3) is 0.600. The lowest BCUT2D eigenvalue weighted by atomic mass is 10.1. The summed E-state index contributed by atoms with van der Waals surface area (Å²) < 4.78 is 12.0. The first kappa shape index (κ1) is 17.3. The molecule has 0 saturated carbocycles. The van der Waals surface area contributed by atoms with Crippen molar-refractivity contribution >= 4 is 15.9 Å². The van der Waals surface area contributed by atoms with Crippen LogP contribution < -0.4 is 14.8 Å². The van der Waals surface area contributed by atoms with E-state index < -0.39 is 0 Å². The van der Waals surface area contributed by atoms with Crippen molar-refractivity contribution in [3.05, 3.63) is 22.2 Å². The van der Waals surface area contributed by atoms with E-state index in [0.717, 1.165) is 34.4 Å². The average Bonchev–Trinajstić information content (AvgIpc) is 2.46. The molecule has 0 saturated heterocycles. The molecule has 0 fully saturated rings. The predicted molar refractivity (Wildman–Crippen MR) is 84.5 cm³/mol. The second-order valence-corrected chi connectivity index (χ2v) is 5.48. The zero-order valence-corrected chi connectivity index (χ0v) is 14.0. The van der Waals surface area contributed by atoms with Gasteiger partial charge in [-0.05, 0) is 46.5 Å². The van der Waals surface area contributed by atoms with E-state index in [0.29, 0.717) is 13.2 Å². The Morgan fingerprint density at radius 1 is 1.35 bits per heavy atom. The lowest BCUT2D eigenvalue weighted by molar-refractivity contribution is 0.238. The van der Waals surface area contributed by atoms with Crippen LogP contribution in [-0.2, 0) is 6.54 Å². The van der Waals surface area contributed by atoms with Crippen LogP contribution in [0.4, 0.5) is 0 Å². The van der Waals surface area contributed by atoms with Gasteiger partial charge in [0.25, 0.3) is 0 Å². The summed E-state index contributed by atoms with van der Waals surface area (Å²) in [5.41, 5.74) is 1.09. The Bertz CT molecular complexity index is 408. The van der Waals surface area contributed by atoms with Crippen LogP contribution in [0.1, 0.15) is 32.3 Å². The molecule has 0 heterocycles. The van der Waals surface area contributed by atoms with E-state index in [9.17, 15) is 5.11 Å². The van der Waals surface area contributed by atoms with Crippen molar-refractivity contribution in [1.82, 2.24) is 5.32 Å². The van der Waals surface area contributed by atoms with E-state index >= 15 is 0 Å². The van der Waals surface area contributed by atoms with Gasteiger partial charge in [-0.2, -0.15) is 0 Å². The highest BCUT2D eigenvalue weighted by atomic mass is 79.9. The number of halogens is 1. The minimum absolute atomic E-state index is 0.121. The molecule has 1 aromatic carbocycles. The van der Waals surface area contributed by atoms with Crippen LogP contribution in [0, 0.1) is 0 Å². The van der Waals surface area contributed by atoms with Gasteiger partial charge in [0.05, 0.1) is 24.8 Å². The van der Waals surface area contributed by atoms with E-state index in [1.54, 1.807) is 7.11 Å². The molecule has 0 aromatic heterocycles. The molecule has 1 rings (SSSR count). The predicted octanol–water partition coefficient (Wildman–Crippen LogP) is 3.11. The number of aliphatic hydroxyl groups excluding tert-OH is 1. The SMILES string of the molecule is CCCOc1c(Br)cc(CNC(CC)CO)cc1OC. The third-order valence-electron chi connectivity index (χ3n) is 3.05. The molecule has 1 aromatic rings. The van der Waals surface area contributed by atoms with Crippen molar-refractivity contribution in [1.29, 1.82) is 0 Å². The number of rotatable bonds is 9. The highest BCUT2D eigenvalue weighted by Gasteiger charge is 2.12. The molecule has 4 nitrogen and oxygen atoms in total. The van der Waals surface area contributed by atoms with Crippen LogP contribution in [0.15, 0.2) is 16.6 Å². The Hall–Kier alpha value is -0.780. The molecule has 0 bridgehead atoms. The number of benzene rings is 1. The monoisotopic (exact) mass is 345 g/mol. The van der Waals surface area contributed by atoms with Gasteiger partial charge < -0.3 is 19.9 Å². The lowest BCUT2D eigenvalue weighted by Crippen LogP contribution is -2.31. The van der Waals surface area contributed by atoms with Crippen LogP contribution >= 0.6 is 15.9 Å². The number of hydrogen-bond donors (Lipinski definition) is 2. The van der Waals surface area contributed by atoms with Gasteiger partial charge in [-0.3, -0.25) is 0 Å². The normalized spacial score (nSPS) is 12.2. The van der Waals surface area contributed by atoms with Crippen molar-refractivity contribution in [2.45, 2.75) is 39.3 Å². The van der Waals surface area contributed by atoms with Crippen molar-refractivity contribution in [3.63, 3.8) is 0 Å². The van der Waals surface area contributed by atoms with Gasteiger partial charge in [0.15, 0.2) is 11.5 Å². The summed E-state index contributed by atoms with van der Waals surface area (Å²) in [5.74, 6) is 1.47. The van der Waals surface area contributed by atoms with Gasteiger partial charge >= 0.3 is 0 Å². The van der Waals surface area contributed by atoms with Crippen molar-refractivity contribution in [2.75, 3.05) is 20.3 Å². The maximum absolute atomic E-state index is 9.18. The summed E-state index contributed by atoms with van der Waals surface area (Å²) in [4.78, 5) is 0. The van der Waals surface area contributed by atoms with Crippen molar-refractivity contribution < 1.29 is 14.6 Å². The third kappa shape index (κ3) is 4.96.